The molecule has 20 heavy (non-hydrogen) atoms. The van der Waals surface area contributed by atoms with Crippen molar-refractivity contribution in [3.63, 3.8) is 0 Å². The van der Waals surface area contributed by atoms with Gasteiger partial charge in [0.2, 0.25) is 0 Å². The van der Waals surface area contributed by atoms with Crippen LogP contribution in [0.25, 0.3) is 0 Å². The topological polar surface area (TPSA) is 75.4 Å². The fourth-order valence-electron chi connectivity index (χ4n) is 2.48. The Morgan fingerprint density at radius 2 is 2.00 bits per heavy atom. The Bertz CT molecular complexity index is 582. The fraction of sp³-hybridized carbons (Fsp3) is 0.571. The summed E-state index contributed by atoms with van der Waals surface area (Å²) in [6.45, 7) is 6.09. The highest BCUT2D eigenvalue weighted by atomic mass is 32.2. The summed E-state index contributed by atoms with van der Waals surface area (Å²) in [5.74, 6) is 0. The molecule has 1 aliphatic rings. The zero-order valence-corrected chi connectivity index (χ0v) is 13.1. The first-order chi connectivity index (χ1) is 9.31. The molecule has 5 nitrogen and oxygen atoms in total. The largest absolute Gasteiger partial charge is 0.324 e. The molecule has 1 aliphatic heterocycles. The minimum Gasteiger partial charge on any atom is -0.324 e. The number of hydrogen-bond donors (Lipinski definition) is 2. The van der Waals surface area contributed by atoms with E-state index in [0.717, 1.165) is 29.7 Å². The molecule has 6 heteroatoms. The predicted molar refractivity (Wildman–Crippen MR) is 81.9 cm³/mol. The van der Waals surface area contributed by atoms with Crippen molar-refractivity contribution < 1.29 is 8.42 Å². The quantitative estimate of drug-likeness (QED) is 0.888. The number of nitrogens with one attached hydrogen (secondary N) is 1. The van der Waals surface area contributed by atoms with Crippen LogP contribution in [0.5, 0.6) is 0 Å². The van der Waals surface area contributed by atoms with Crippen LogP contribution in [0.2, 0.25) is 0 Å². The molecule has 0 aromatic heterocycles. The SMILES string of the molecule is CC(C)NS(=O)(=O)N1CCCc2cc(C(C)N)ccc21. The van der Waals surface area contributed by atoms with Gasteiger partial charge in [-0.25, -0.2) is 0 Å². The Kier molecular flexibility index (Phi) is 4.36. The first-order valence-corrected chi connectivity index (χ1v) is 8.43. The average molecular weight is 297 g/mol. The van der Waals surface area contributed by atoms with Gasteiger partial charge in [-0.05, 0) is 50.8 Å². The predicted octanol–water partition coefficient (Wildman–Crippen LogP) is 1.70. The lowest BCUT2D eigenvalue weighted by atomic mass is 9.98. The van der Waals surface area contributed by atoms with Crippen molar-refractivity contribution in [1.29, 1.82) is 0 Å². The van der Waals surface area contributed by atoms with Crippen molar-refractivity contribution in [2.45, 2.75) is 45.7 Å². The molecular formula is C14H23N3O2S. The van der Waals surface area contributed by atoms with Gasteiger partial charge in [-0.15, -0.1) is 0 Å². The molecule has 0 radical (unpaired) electrons. The van der Waals surface area contributed by atoms with E-state index in [-0.39, 0.29) is 12.1 Å². The molecule has 1 aromatic rings. The Hall–Kier alpha value is -1.11. The number of hydrogen-bond acceptors (Lipinski definition) is 3. The second-order valence-corrected chi connectivity index (χ2v) is 7.26. The van der Waals surface area contributed by atoms with Crippen molar-refractivity contribution in [2.75, 3.05) is 10.8 Å². The van der Waals surface area contributed by atoms with Crippen molar-refractivity contribution in [2.24, 2.45) is 5.73 Å². The van der Waals surface area contributed by atoms with E-state index in [1.54, 1.807) is 0 Å². The number of anilines is 1. The van der Waals surface area contributed by atoms with E-state index in [1.165, 1.54) is 4.31 Å². The maximum absolute atomic E-state index is 12.4. The van der Waals surface area contributed by atoms with Crippen molar-refractivity contribution >= 4 is 15.9 Å². The Morgan fingerprint density at radius 1 is 1.30 bits per heavy atom. The van der Waals surface area contributed by atoms with Crippen molar-refractivity contribution in [1.82, 2.24) is 4.72 Å². The lowest BCUT2D eigenvalue weighted by molar-refractivity contribution is 0.560. The van der Waals surface area contributed by atoms with Crippen LogP contribution in [0.3, 0.4) is 0 Å². The molecule has 0 saturated carbocycles. The van der Waals surface area contributed by atoms with E-state index in [4.69, 9.17) is 5.73 Å². The molecule has 1 aromatic carbocycles. The molecule has 0 bridgehead atoms. The Morgan fingerprint density at radius 3 is 2.60 bits per heavy atom. The van der Waals surface area contributed by atoms with Gasteiger partial charge >= 0.3 is 10.2 Å². The molecule has 1 unspecified atom stereocenters. The molecule has 0 aliphatic carbocycles. The van der Waals surface area contributed by atoms with Crippen LogP contribution in [0, 0.1) is 0 Å². The van der Waals surface area contributed by atoms with E-state index in [0.29, 0.717) is 6.54 Å². The number of benzene rings is 1. The molecule has 112 valence electrons. The molecule has 1 atom stereocenters. The maximum atomic E-state index is 12.4. The zero-order valence-electron chi connectivity index (χ0n) is 12.3. The Balaban J connectivity index is 2.38. The monoisotopic (exact) mass is 297 g/mol. The van der Waals surface area contributed by atoms with E-state index < -0.39 is 10.2 Å². The van der Waals surface area contributed by atoms with Crippen molar-refractivity contribution in [3.05, 3.63) is 29.3 Å². The summed E-state index contributed by atoms with van der Waals surface area (Å²) >= 11 is 0. The second kappa shape index (κ2) is 5.71. The first-order valence-electron chi connectivity index (χ1n) is 6.99. The molecule has 0 spiro atoms. The summed E-state index contributed by atoms with van der Waals surface area (Å²) in [6.07, 6.45) is 1.72. The highest BCUT2D eigenvalue weighted by molar-refractivity contribution is 7.90. The fourth-order valence-corrected chi connectivity index (χ4v) is 4.01. The molecule has 3 N–H and O–H groups in total. The summed E-state index contributed by atoms with van der Waals surface area (Å²) in [5, 5.41) is 0. The van der Waals surface area contributed by atoms with E-state index >= 15 is 0 Å². The standard InChI is InChI=1S/C14H23N3O2S/c1-10(2)16-20(18,19)17-8-4-5-13-9-12(11(3)15)6-7-14(13)17/h6-7,9-11,16H,4-5,8,15H2,1-3H3. The normalized spacial score (nSPS) is 17.1. The number of nitrogens with zero attached hydrogens (tertiary/aromatic N) is 1. The molecule has 0 amide bonds. The van der Waals surface area contributed by atoms with Crippen LogP contribution in [0.1, 0.15) is 44.4 Å². The summed E-state index contributed by atoms with van der Waals surface area (Å²) in [4.78, 5) is 0. The van der Waals surface area contributed by atoms with Gasteiger partial charge in [0.25, 0.3) is 0 Å². The smallest absolute Gasteiger partial charge is 0.301 e. The maximum Gasteiger partial charge on any atom is 0.301 e. The van der Waals surface area contributed by atoms with E-state index in [1.807, 2.05) is 39.0 Å². The first kappa shape index (κ1) is 15.3. The van der Waals surface area contributed by atoms with Gasteiger partial charge in [-0.1, -0.05) is 12.1 Å². The molecule has 0 saturated heterocycles. The second-order valence-electron chi connectivity index (χ2n) is 5.63. The average Bonchev–Trinajstić information content (AvgIpc) is 2.35. The van der Waals surface area contributed by atoms with Gasteiger partial charge in [0, 0.05) is 18.6 Å². The van der Waals surface area contributed by atoms with E-state index in [2.05, 4.69) is 4.72 Å². The number of aryl methyl sites for hydroxylation is 1. The third-order valence-corrected chi connectivity index (χ3v) is 5.11. The van der Waals surface area contributed by atoms with Gasteiger partial charge in [0.15, 0.2) is 0 Å². The molecule has 1 heterocycles. The lowest BCUT2D eigenvalue weighted by Gasteiger charge is -2.31. The van der Waals surface area contributed by atoms with E-state index in [9.17, 15) is 8.42 Å². The number of fused-ring (bicyclic) bond motifs is 1. The zero-order chi connectivity index (χ0) is 14.9. The highest BCUT2D eigenvalue weighted by Crippen LogP contribution is 2.31. The third-order valence-electron chi connectivity index (χ3n) is 3.38. The number of rotatable bonds is 4. The van der Waals surface area contributed by atoms with Crippen molar-refractivity contribution in [3.8, 4) is 0 Å². The van der Waals surface area contributed by atoms with Gasteiger partial charge in [0.05, 0.1) is 5.69 Å². The summed E-state index contributed by atoms with van der Waals surface area (Å²) < 4.78 is 28.8. The summed E-state index contributed by atoms with van der Waals surface area (Å²) in [5.41, 5.74) is 8.76. The Labute approximate surface area is 121 Å². The molecular weight excluding hydrogens is 274 g/mol. The van der Waals surface area contributed by atoms with Crippen LogP contribution in [-0.2, 0) is 16.6 Å². The van der Waals surface area contributed by atoms with Gasteiger partial charge in [-0.3, -0.25) is 4.31 Å². The van der Waals surface area contributed by atoms with Crippen LogP contribution in [0.15, 0.2) is 18.2 Å². The minimum absolute atomic E-state index is 0.0407. The van der Waals surface area contributed by atoms with Gasteiger partial charge in [-0.2, -0.15) is 13.1 Å². The van der Waals surface area contributed by atoms with Crippen LogP contribution in [-0.4, -0.2) is 21.0 Å². The lowest BCUT2D eigenvalue weighted by Crippen LogP contribution is -2.45. The van der Waals surface area contributed by atoms with Gasteiger partial charge in [0.1, 0.15) is 0 Å². The molecule has 0 fully saturated rings. The van der Waals surface area contributed by atoms with Crippen LogP contribution < -0.4 is 14.8 Å². The summed E-state index contributed by atoms with van der Waals surface area (Å²) in [6, 6.07) is 5.64. The molecule has 2 rings (SSSR count). The number of nitrogens with two attached hydrogens (primary N) is 1. The van der Waals surface area contributed by atoms with Crippen LogP contribution >= 0.6 is 0 Å². The highest BCUT2D eigenvalue weighted by Gasteiger charge is 2.28. The summed E-state index contributed by atoms with van der Waals surface area (Å²) in [7, 11) is -3.48. The van der Waals surface area contributed by atoms with Gasteiger partial charge < -0.3 is 5.73 Å². The third kappa shape index (κ3) is 3.13. The minimum atomic E-state index is -3.48. The van der Waals surface area contributed by atoms with Crippen LogP contribution in [0.4, 0.5) is 5.69 Å².